The molecule has 1 aliphatic rings. The Labute approximate surface area is 231 Å². The Kier molecular flexibility index (Phi) is 11.7. The van der Waals surface area contributed by atoms with Crippen molar-refractivity contribution in [1.82, 2.24) is 4.98 Å². The van der Waals surface area contributed by atoms with Crippen molar-refractivity contribution in [3.8, 4) is 0 Å². The average molecular weight is 533 g/mol. The molecule has 0 bridgehead atoms. The topological polar surface area (TPSA) is 79.3 Å². The van der Waals surface area contributed by atoms with Crippen molar-refractivity contribution in [2.45, 2.75) is 67.2 Å². The molecule has 0 aliphatic heterocycles. The first-order valence-corrected chi connectivity index (χ1v) is 13.9. The molecule has 2 aromatic rings. The van der Waals surface area contributed by atoms with Gasteiger partial charge in [-0.05, 0) is 62.3 Å². The Morgan fingerprint density at radius 2 is 1.79 bits per heavy atom. The van der Waals surface area contributed by atoms with E-state index in [0.717, 1.165) is 35.4 Å². The number of carbonyl (C=O) groups is 2. The second kappa shape index (κ2) is 14.4. The molecule has 1 heterocycles. The zero-order valence-electron chi connectivity index (χ0n) is 23.5. The van der Waals surface area contributed by atoms with Crippen molar-refractivity contribution in [3.05, 3.63) is 105 Å². The van der Waals surface area contributed by atoms with Gasteiger partial charge in [0.25, 0.3) is 0 Å². The van der Waals surface area contributed by atoms with Gasteiger partial charge in [-0.15, -0.1) is 11.3 Å². The van der Waals surface area contributed by atoms with E-state index in [1.54, 1.807) is 6.08 Å². The monoisotopic (exact) mass is 532 g/mol. The highest BCUT2D eigenvalue weighted by atomic mass is 32.1. The second-order valence-corrected chi connectivity index (χ2v) is 10.7. The quantitative estimate of drug-likeness (QED) is 0.263. The molecule has 0 saturated carbocycles. The lowest BCUT2D eigenvalue weighted by atomic mass is 9.68. The van der Waals surface area contributed by atoms with Gasteiger partial charge in [-0.2, -0.15) is 0 Å². The number of amides is 1. The molecule has 0 saturated heterocycles. The van der Waals surface area contributed by atoms with E-state index in [0.29, 0.717) is 0 Å². The number of benzene rings is 1. The van der Waals surface area contributed by atoms with E-state index in [9.17, 15) is 14.7 Å². The van der Waals surface area contributed by atoms with Gasteiger partial charge in [0.1, 0.15) is 0 Å². The fraction of sp³-hybridized carbons (Fsp3) is 0.344. The molecule has 1 aromatic heterocycles. The van der Waals surface area contributed by atoms with Crippen molar-refractivity contribution in [1.29, 1.82) is 0 Å². The first-order chi connectivity index (χ1) is 18.1. The summed E-state index contributed by atoms with van der Waals surface area (Å²) >= 11 is 1.19. The summed E-state index contributed by atoms with van der Waals surface area (Å²) in [5.74, 6) is -0.989. The van der Waals surface area contributed by atoms with Crippen LogP contribution in [0.25, 0.3) is 0 Å². The van der Waals surface area contributed by atoms with Gasteiger partial charge in [-0.1, -0.05) is 87.4 Å². The van der Waals surface area contributed by atoms with Gasteiger partial charge in [0.05, 0.1) is 5.69 Å². The number of aromatic nitrogens is 1. The van der Waals surface area contributed by atoms with Crippen LogP contribution in [0, 0.1) is 5.41 Å². The van der Waals surface area contributed by atoms with Gasteiger partial charge in [0.15, 0.2) is 0 Å². The number of carboxylic acids is 1. The smallest absolute Gasteiger partial charge is 0.365 e. The molecule has 202 valence electrons. The lowest BCUT2D eigenvalue weighted by Gasteiger charge is -2.37. The standard InChI is InChI=1S/C30H34N2O3S.C2H6/c1-20(10-9-11-21(2)18-27(33)31-23-12-7-6-8-13-23)14-15-25-22(3)24(16-17-30(25,4)5)26-19-36-28(32-26)29(34)35;1-2/h6-15,18-19,24H,16-17H2,1-5H3,(H,31,33)(H,34,35);1-2H3/b11-9+,15-14+,20-10+,21-18-;. The molecule has 1 amide bonds. The zero-order valence-corrected chi connectivity index (χ0v) is 24.4. The minimum Gasteiger partial charge on any atom is -0.476 e. The Morgan fingerprint density at radius 3 is 2.42 bits per heavy atom. The van der Waals surface area contributed by atoms with Crippen LogP contribution in [0.4, 0.5) is 5.69 Å². The van der Waals surface area contributed by atoms with Gasteiger partial charge >= 0.3 is 5.97 Å². The van der Waals surface area contributed by atoms with Gasteiger partial charge in [0, 0.05) is 23.1 Å². The minimum absolute atomic E-state index is 0.0320. The number of thiazole rings is 1. The summed E-state index contributed by atoms with van der Waals surface area (Å²) < 4.78 is 0. The number of carbonyl (C=O) groups excluding carboxylic acids is 1. The molecule has 0 spiro atoms. The summed E-state index contributed by atoms with van der Waals surface area (Å²) in [7, 11) is 0. The maximum absolute atomic E-state index is 12.2. The Balaban J connectivity index is 0.00000247. The first-order valence-electron chi connectivity index (χ1n) is 13.0. The molecular formula is C32H40N2O3S. The maximum atomic E-state index is 12.2. The van der Waals surface area contributed by atoms with Crippen LogP contribution in [0.2, 0.25) is 0 Å². The number of nitrogens with one attached hydrogen (secondary N) is 1. The SMILES string of the molecule is CC.CC1=C(/C=C/C(C)=C/C=C/C(C)=C\C(=O)Nc2ccccc2)C(C)(C)CCC1c1csc(C(=O)O)n1. The van der Waals surface area contributed by atoms with Crippen LogP contribution in [0.1, 0.15) is 82.7 Å². The van der Waals surface area contributed by atoms with Crippen LogP contribution in [-0.2, 0) is 4.79 Å². The summed E-state index contributed by atoms with van der Waals surface area (Å²) in [4.78, 5) is 27.8. The predicted octanol–water partition coefficient (Wildman–Crippen LogP) is 8.73. The molecule has 0 radical (unpaired) electrons. The van der Waals surface area contributed by atoms with E-state index in [4.69, 9.17) is 0 Å². The molecule has 1 unspecified atom stereocenters. The highest BCUT2D eigenvalue weighted by molar-refractivity contribution is 7.11. The number of rotatable bonds is 8. The fourth-order valence-corrected chi connectivity index (χ4v) is 5.13. The van der Waals surface area contributed by atoms with E-state index in [1.807, 2.05) is 81.6 Å². The first kappa shape index (κ1) is 30.7. The number of aromatic carboxylic acids is 1. The highest BCUT2D eigenvalue weighted by Crippen LogP contribution is 2.47. The van der Waals surface area contributed by atoms with Crippen LogP contribution >= 0.6 is 11.3 Å². The molecule has 2 N–H and O–H groups in total. The van der Waals surface area contributed by atoms with E-state index >= 15 is 0 Å². The number of hydrogen-bond donors (Lipinski definition) is 2. The van der Waals surface area contributed by atoms with Crippen LogP contribution in [0.15, 0.2) is 94.5 Å². The minimum atomic E-state index is -0.972. The third kappa shape index (κ3) is 8.80. The lowest BCUT2D eigenvalue weighted by molar-refractivity contribution is -0.111. The largest absolute Gasteiger partial charge is 0.476 e. The van der Waals surface area contributed by atoms with Crippen molar-refractivity contribution in [2.75, 3.05) is 5.32 Å². The average Bonchev–Trinajstić information content (AvgIpc) is 3.36. The molecule has 5 nitrogen and oxygen atoms in total. The van der Waals surface area contributed by atoms with Gasteiger partial charge in [0.2, 0.25) is 10.9 Å². The van der Waals surface area contributed by atoms with Crippen LogP contribution in [0.5, 0.6) is 0 Å². The number of allylic oxidation sites excluding steroid dienone is 9. The van der Waals surface area contributed by atoms with E-state index in [-0.39, 0.29) is 22.2 Å². The van der Waals surface area contributed by atoms with Crippen molar-refractivity contribution >= 4 is 28.9 Å². The van der Waals surface area contributed by atoms with Crippen LogP contribution in [-0.4, -0.2) is 22.0 Å². The maximum Gasteiger partial charge on any atom is 0.365 e. The number of carboxylic acid groups (broad SMARTS) is 1. The molecule has 1 aromatic carbocycles. The number of para-hydroxylation sites is 1. The van der Waals surface area contributed by atoms with E-state index in [2.05, 4.69) is 43.2 Å². The summed E-state index contributed by atoms with van der Waals surface area (Å²) in [5.41, 5.74) is 6.12. The number of hydrogen-bond acceptors (Lipinski definition) is 4. The van der Waals surface area contributed by atoms with Crippen molar-refractivity contribution < 1.29 is 14.7 Å². The molecular weight excluding hydrogens is 492 g/mol. The third-order valence-electron chi connectivity index (χ3n) is 6.43. The Morgan fingerprint density at radius 1 is 1.11 bits per heavy atom. The summed E-state index contributed by atoms with van der Waals surface area (Å²) in [6.45, 7) is 14.6. The summed E-state index contributed by atoms with van der Waals surface area (Å²) in [6, 6.07) is 9.38. The molecule has 1 atom stereocenters. The van der Waals surface area contributed by atoms with Crippen LogP contribution in [0.3, 0.4) is 0 Å². The lowest BCUT2D eigenvalue weighted by Crippen LogP contribution is -2.23. The molecule has 3 rings (SSSR count). The Bertz CT molecular complexity index is 1260. The fourth-order valence-electron chi connectivity index (χ4n) is 4.43. The van der Waals surface area contributed by atoms with Gasteiger partial charge in [-0.25, -0.2) is 9.78 Å². The summed E-state index contributed by atoms with van der Waals surface area (Å²) in [5, 5.41) is 14.1. The van der Waals surface area contributed by atoms with Crippen LogP contribution < -0.4 is 5.32 Å². The van der Waals surface area contributed by atoms with E-state index in [1.165, 1.54) is 22.5 Å². The van der Waals surface area contributed by atoms with Crippen molar-refractivity contribution in [2.24, 2.45) is 5.41 Å². The molecule has 6 heteroatoms. The highest BCUT2D eigenvalue weighted by Gasteiger charge is 2.33. The normalized spacial score (nSPS) is 17.9. The zero-order chi connectivity index (χ0) is 28.3. The number of nitrogens with zero attached hydrogens (tertiary/aromatic N) is 1. The third-order valence-corrected chi connectivity index (χ3v) is 7.28. The molecule has 38 heavy (non-hydrogen) atoms. The Hall–Kier alpha value is -3.51. The molecule has 1 aliphatic carbocycles. The van der Waals surface area contributed by atoms with Gasteiger partial charge in [-0.3, -0.25) is 4.79 Å². The predicted molar refractivity (Wildman–Crippen MR) is 160 cm³/mol. The second-order valence-electron chi connectivity index (χ2n) is 9.80. The van der Waals surface area contributed by atoms with Gasteiger partial charge < -0.3 is 10.4 Å². The summed E-state index contributed by atoms with van der Waals surface area (Å²) in [6.07, 6.45) is 13.7. The van der Waals surface area contributed by atoms with E-state index < -0.39 is 5.97 Å². The van der Waals surface area contributed by atoms with Crippen molar-refractivity contribution in [3.63, 3.8) is 0 Å². The number of anilines is 1. The molecule has 0 fully saturated rings.